The van der Waals surface area contributed by atoms with Crippen LogP contribution in [0, 0.1) is 0 Å². The smallest absolute Gasteiger partial charge is 0.217 e. The molecule has 6 heterocycles. The van der Waals surface area contributed by atoms with Gasteiger partial charge < -0.3 is 151 Å². The minimum absolute atomic E-state index is 0.593. The van der Waals surface area contributed by atoms with E-state index < -0.39 is 258 Å². The number of nitrogens with one attached hydrogen (secondary N) is 7. The van der Waals surface area contributed by atoms with Gasteiger partial charge in [-0.15, -0.1) is 0 Å². The predicted octanol–water partition coefficient (Wildman–Crippen LogP) is -12.1. The minimum Gasteiger partial charge on any atom is -0.394 e. The lowest BCUT2D eigenvalue weighted by Crippen LogP contribution is -2.73. The summed E-state index contributed by atoms with van der Waals surface area (Å²) in [5, 5.41) is 151. The van der Waals surface area contributed by atoms with Crippen LogP contribution in [0.3, 0.4) is 0 Å². The summed E-state index contributed by atoms with van der Waals surface area (Å²) in [5.41, 5.74) is 0. The molecule has 0 aromatic rings. The summed E-state index contributed by atoms with van der Waals surface area (Å²) >= 11 is 0. The Balaban J connectivity index is 1.35. The van der Waals surface area contributed by atoms with E-state index in [1.807, 2.05) is 0 Å². The first kappa shape index (κ1) is 71.4. The van der Waals surface area contributed by atoms with Crippen molar-refractivity contribution < 1.29 is 147 Å². The van der Waals surface area contributed by atoms with Gasteiger partial charge in [-0.3, -0.25) is 33.6 Å². The van der Waals surface area contributed by atoms with Gasteiger partial charge in [-0.2, -0.15) is 0 Å². The van der Waals surface area contributed by atoms with Crippen LogP contribution < -0.4 is 37.2 Å². The molecule has 0 spiro atoms. The molecule has 87 heavy (non-hydrogen) atoms. The maximum absolute atomic E-state index is 13.2. The van der Waals surface area contributed by atoms with Crippen molar-refractivity contribution in [2.45, 2.75) is 239 Å². The fourth-order valence-electron chi connectivity index (χ4n) is 11.2. The molecule has 0 radical (unpaired) electrons. The van der Waals surface area contributed by atoms with Gasteiger partial charge in [0.1, 0.15) is 134 Å². The first-order valence-electron chi connectivity index (χ1n) is 27.9. The van der Waals surface area contributed by atoms with Gasteiger partial charge in [0.2, 0.25) is 41.4 Å². The highest BCUT2D eigenvalue weighted by molar-refractivity contribution is 5.76. The summed E-state index contributed by atoms with van der Waals surface area (Å²) < 4.78 is 66.7. The van der Waals surface area contributed by atoms with Crippen molar-refractivity contribution in [3.63, 3.8) is 0 Å². The Bertz CT molecular complexity index is 2310. The molecule has 0 saturated carbocycles. The summed E-state index contributed by atoms with van der Waals surface area (Å²) in [6.45, 7) is 4.16. The molecular weight excluding hydrogens is 1180 g/mol. The summed E-state index contributed by atoms with van der Waals surface area (Å²) in [6, 6.07) is -11.1. The average Bonchev–Trinajstić information content (AvgIpc) is 1.27. The average molecular weight is 1260 g/mol. The van der Waals surface area contributed by atoms with Crippen molar-refractivity contribution in [1.29, 1.82) is 0 Å². The molecule has 0 aliphatic carbocycles. The van der Waals surface area contributed by atoms with Crippen LogP contribution in [0.4, 0.5) is 0 Å². The largest absolute Gasteiger partial charge is 0.394 e. The predicted molar refractivity (Wildman–Crippen MR) is 279 cm³/mol. The molecule has 0 aromatic heterocycles. The summed E-state index contributed by atoms with van der Waals surface area (Å²) in [7, 11) is 0. The van der Waals surface area contributed by atoms with Crippen molar-refractivity contribution in [1.82, 2.24) is 37.2 Å². The van der Waals surface area contributed by atoms with Crippen LogP contribution in [0.25, 0.3) is 0 Å². The summed E-state index contributed by atoms with van der Waals surface area (Å²) in [6.07, 6.45) is -41.4. The molecule has 498 valence electrons. The van der Waals surface area contributed by atoms with Crippen LogP contribution in [0.1, 0.15) is 55.4 Å². The lowest BCUT2D eigenvalue weighted by Gasteiger charge is -2.52. The van der Waals surface area contributed by atoms with Gasteiger partial charge in [0, 0.05) is 48.5 Å². The molecule has 0 unspecified atom stereocenters. The van der Waals surface area contributed by atoms with E-state index in [1.165, 1.54) is 13.8 Å². The first-order valence-corrected chi connectivity index (χ1v) is 27.9. The summed E-state index contributed by atoms with van der Waals surface area (Å²) in [5.74, 6) is -5.33. The first-order chi connectivity index (χ1) is 40.9. The maximum atomic E-state index is 13.2. The van der Waals surface area contributed by atoms with Crippen molar-refractivity contribution in [2.24, 2.45) is 0 Å². The number of ether oxygens (including phenoxy) is 11. The molecular formula is C50H83N7O30. The fraction of sp³-hybridized carbons (Fsp3) is 0.860. The highest BCUT2D eigenvalue weighted by Crippen LogP contribution is 2.37. The number of carbonyl (C=O) groups excluding carboxylic acids is 7. The van der Waals surface area contributed by atoms with Crippen LogP contribution in [-0.4, -0.2) is 319 Å². The zero-order valence-electron chi connectivity index (χ0n) is 48.6. The molecule has 6 rings (SSSR count). The van der Waals surface area contributed by atoms with E-state index >= 15 is 0 Å². The van der Waals surface area contributed by atoms with Crippen LogP contribution in [0.15, 0.2) is 0 Å². The Morgan fingerprint density at radius 2 is 0.621 bits per heavy atom. The van der Waals surface area contributed by atoms with Gasteiger partial charge >= 0.3 is 0 Å². The number of hydrogen-bond donors (Lipinski definition) is 19. The Morgan fingerprint density at radius 1 is 0.322 bits per heavy atom. The number of aliphatic hydroxyl groups is 12. The third-order valence-electron chi connectivity index (χ3n) is 15.2. The zero-order valence-corrected chi connectivity index (χ0v) is 48.6. The van der Waals surface area contributed by atoms with Crippen LogP contribution in [0.5, 0.6) is 0 Å². The molecule has 6 fully saturated rings. The SMILES string of the molecule is CC(=O)N[C@@H]1[C@@H](O[C@H]2O[C@H](CO)[C@H](O[C@H]3O[C@H](CO)[C@H](O[C@H]4O[C@H](CO[C@H]5O[C@H](CO)[C@@H](O)[C@H](O)[C@H]5NC(C)=O)[C@@H](O)[C@H](O[C@@H]5O[C@H](CO)[C@@H](O)[C@H](O)[C@H]5NC(C)=O)[C@H]4NC(C)=O)[C@H](O)[C@H]3NC(C)=O)[C@H](O)[C@H]2NC(C)=O)[C@H](NC(C)=O)[C@@H](C)O[C@H]1O. The van der Waals surface area contributed by atoms with E-state index in [-0.39, 0.29) is 0 Å². The van der Waals surface area contributed by atoms with Crippen molar-refractivity contribution in [3.8, 4) is 0 Å². The van der Waals surface area contributed by atoms with Crippen LogP contribution in [-0.2, 0) is 85.7 Å². The standard InChI is InChI=1S/C50H83N7O30/c1-14-27(51-15(2)62)43(32(45(76)78-14)56-20(7)67)86-49-31(55-19(6)66)40(75)41(24(11-60)82-49)84-48-30(54-18(5)65)39(74)42(25(12-61)81-48)85-50-33(57-21(8)68)44(87-47-29(53-17(4)64)38(73)35(70)23(10-59)80-47)36(71)26(83-50)13-77-46-28(52-16(3)63)37(72)34(69)22(9-58)79-46/h14,22-50,58-61,69-76H,9-13H2,1-8H3,(H,51,62)(H,52,63)(H,53,64)(H,54,65)(H,55,66)(H,56,67)(H,57,68)/t14-,22-,23-,24-,25-,26-,27-,28-,29-,30-,31-,32-,33-,34-,35-,36-,37-,38-,39-,40-,41+,42+,43+,44-,45-,46+,47+,48-,49-,50-/m1/s1. The van der Waals surface area contributed by atoms with Crippen LogP contribution in [0.2, 0.25) is 0 Å². The van der Waals surface area contributed by atoms with E-state index in [9.17, 15) is 94.8 Å². The third kappa shape index (κ3) is 17.3. The molecule has 7 amide bonds. The third-order valence-corrected chi connectivity index (χ3v) is 15.2. The molecule has 19 N–H and O–H groups in total. The van der Waals surface area contributed by atoms with E-state index in [4.69, 9.17) is 52.1 Å². The molecule has 6 aliphatic heterocycles. The second-order valence-corrected chi connectivity index (χ2v) is 21.9. The second kappa shape index (κ2) is 31.4. The number of rotatable bonds is 22. The van der Waals surface area contributed by atoms with Gasteiger partial charge in [0.25, 0.3) is 0 Å². The lowest BCUT2D eigenvalue weighted by molar-refractivity contribution is -0.367. The Kier molecular flexibility index (Phi) is 25.8. The van der Waals surface area contributed by atoms with Crippen molar-refractivity contribution >= 4 is 41.4 Å². The van der Waals surface area contributed by atoms with E-state index in [0.29, 0.717) is 0 Å². The highest BCUT2D eigenvalue weighted by Gasteiger charge is 2.58. The summed E-state index contributed by atoms with van der Waals surface area (Å²) in [4.78, 5) is 88.5. The second-order valence-electron chi connectivity index (χ2n) is 21.9. The quantitative estimate of drug-likeness (QED) is 0.0479. The van der Waals surface area contributed by atoms with Crippen molar-refractivity contribution in [3.05, 3.63) is 0 Å². The van der Waals surface area contributed by atoms with Gasteiger partial charge in [0.05, 0.1) is 45.2 Å². The topological polar surface area (TPSA) is 548 Å². The number of hydrogen-bond acceptors (Lipinski definition) is 30. The van der Waals surface area contributed by atoms with E-state index in [0.717, 1.165) is 41.5 Å². The minimum atomic E-state index is -2.13. The Labute approximate surface area is 496 Å². The Morgan fingerprint density at radius 3 is 1.02 bits per heavy atom. The van der Waals surface area contributed by atoms with Gasteiger partial charge in [-0.25, -0.2) is 0 Å². The highest BCUT2D eigenvalue weighted by atomic mass is 16.8. The molecule has 0 aromatic carbocycles. The number of amides is 7. The lowest BCUT2D eigenvalue weighted by atomic mass is 9.92. The normalized spacial score (nSPS) is 43.2. The molecule has 6 saturated heterocycles. The molecule has 37 nitrogen and oxygen atoms in total. The van der Waals surface area contributed by atoms with Gasteiger partial charge in [-0.05, 0) is 6.92 Å². The molecule has 6 aliphatic rings. The molecule has 37 heteroatoms. The number of carbonyl (C=O) groups is 7. The zero-order chi connectivity index (χ0) is 64.6. The number of aliphatic hydroxyl groups excluding tert-OH is 12. The van der Waals surface area contributed by atoms with Gasteiger partial charge in [0.15, 0.2) is 37.7 Å². The van der Waals surface area contributed by atoms with E-state index in [1.54, 1.807) is 0 Å². The fourth-order valence-corrected chi connectivity index (χ4v) is 11.2. The monoisotopic (exact) mass is 1260 g/mol. The molecule has 0 bridgehead atoms. The Hall–Kier alpha value is -4.63. The van der Waals surface area contributed by atoms with E-state index in [2.05, 4.69) is 37.2 Å². The van der Waals surface area contributed by atoms with Crippen LogP contribution >= 0.6 is 0 Å². The van der Waals surface area contributed by atoms with Gasteiger partial charge in [-0.1, -0.05) is 0 Å². The maximum Gasteiger partial charge on any atom is 0.217 e. The van der Waals surface area contributed by atoms with Crippen molar-refractivity contribution in [2.75, 3.05) is 33.0 Å². The molecule has 30 atom stereocenters.